The summed E-state index contributed by atoms with van der Waals surface area (Å²) in [5.41, 5.74) is 9.72. The molecule has 0 spiro atoms. The first kappa shape index (κ1) is 22.8. The predicted molar refractivity (Wildman–Crippen MR) is 133 cm³/mol. The minimum absolute atomic E-state index is 0.0819. The Kier molecular flexibility index (Phi) is 6.08. The lowest BCUT2D eigenvalue weighted by molar-refractivity contribution is -0.123. The van der Waals surface area contributed by atoms with Gasteiger partial charge in [0.1, 0.15) is 5.69 Å². The van der Waals surface area contributed by atoms with E-state index in [2.05, 4.69) is 20.3 Å². The van der Waals surface area contributed by atoms with Crippen molar-refractivity contribution in [1.82, 2.24) is 19.7 Å². The van der Waals surface area contributed by atoms with Crippen molar-refractivity contribution >= 4 is 28.5 Å². The minimum Gasteiger partial charge on any atom is -0.463 e. The maximum atomic E-state index is 13.4. The van der Waals surface area contributed by atoms with Crippen molar-refractivity contribution in [2.45, 2.75) is 26.3 Å². The molecule has 1 aliphatic rings. The summed E-state index contributed by atoms with van der Waals surface area (Å²) >= 11 is 0. The van der Waals surface area contributed by atoms with E-state index in [9.17, 15) is 9.59 Å². The fourth-order valence-corrected chi connectivity index (χ4v) is 4.76. The van der Waals surface area contributed by atoms with E-state index in [1.165, 1.54) is 0 Å². The van der Waals surface area contributed by atoms with Crippen molar-refractivity contribution in [3.8, 4) is 11.5 Å². The number of carbonyl (C=O) groups excluding carboxylic acids is 2. The van der Waals surface area contributed by atoms with E-state index in [-0.39, 0.29) is 17.7 Å². The summed E-state index contributed by atoms with van der Waals surface area (Å²) in [4.78, 5) is 31.8. The number of nitrogens with zero attached hydrogens (tertiary/aromatic N) is 4. The van der Waals surface area contributed by atoms with E-state index in [0.717, 1.165) is 37.2 Å². The van der Waals surface area contributed by atoms with Crippen LogP contribution in [0.25, 0.3) is 22.5 Å². The number of nitrogens with two attached hydrogens (primary N) is 1. The average molecular weight is 473 g/mol. The Morgan fingerprint density at radius 3 is 2.74 bits per heavy atom. The van der Waals surface area contributed by atoms with Crippen LogP contribution >= 0.6 is 0 Å². The highest BCUT2D eigenvalue weighted by atomic mass is 16.3. The van der Waals surface area contributed by atoms with Gasteiger partial charge in [0.2, 0.25) is 5.91 Å². The van der Waals surface area contributed by atoms with Crippen molar-refractivity contribution in [3.05, 3.63) is 65.5 Å². The molecular weight excluding hydrogens is 444 g/mol. The molecule has 180 valence electrons. The number of pyridine rings is 1. The van der Waals surface area contributed by atoms with E-state index >= 15 is 0 Å². The second-order valence-electron chi connectivity index (χ2n) is 9.07. The van der Waals surface area contributed by atoms with Crippen LogP contribution in [0.4, 0.5) is 5.69 Å². The molecular formula is C26H28N6O3. The van der Waals surface area contributed by atoms with Gasteiger partial charge < -0.3 is 15.5 Å². The lowest BCUT2D eigenvalue weighted by atomic mass is 9.97. The molecule has 4 aromatic rings. The summed E-state index contributed by atoms with van der Waals surface area (Å²) in [5.74, 6) is 0.0355. The molecule has 0 radical (unpaired) electrons. The van der Waals surface area contributed by atoms with Gasteiger partial charge in [-0.3, -0.25) is 19.2 Å². The first-order valence-electron chi connectivity index (χ1n) is 11.7. The van der Waals surface area contributed by atoms with Crippen molar-refractivity contribution in [2.24, 2.45) is 18.7 Å². The highest BCUT2D eigenvalue weighted by Crippen LogP contribution is 2.28. The summed E-state index contributed by atoms with van der Waals surface area (Å²) in [7, 11) is 1.81. The third kappa shape index (κ3) is 4.67. The molecule has 1 atom stereocenters. The number of piperidine rings is 1. The fraction of sp³-hybridized carbons (Fsp3) is 0.308. The standard InChI is InChI=1S/C26H28N6O3/c1-16-23-20(13-21(22-6-4-12-35-22)29-25(23)31(2)30-16)26(34)28-19-9-7-17(8-10-19)14-32-11-3-5-18(15-32)24(27)33/h4,6-10,12-13,18H,3,5,11,14-15H2,1-2H3,(H2,27,33)(H,28,34). The summed E-state index contributed by atoms with van der Waals surface area (Å²) in [6.07, 6.45) is 3.40. The van der Waals surface area contributed by atoms with Crippen LogP contribution in [0.2, 0.25) is 0 Å². The fourth-order valence-electron chi connectivity index (χ4n) is 4.76. The maximum absolute atomic E-state index is 13.4. The van der Waals surface area contributed by atoms with Gasteiger partial charge in [0.25, 0.3) is 5.91 Å². The van der Waals surface area contributed by atoms with Gasteiger partial charge in [0.05, 0.1) is 28.8 Å². The van der Waals surface area contributed by atoms with E-state index < -0.39 is 0 Å². The Balaban J connectivity index is 1.35. The van der Waals surface area contributed by atoms with Crippen LogP contribution in [0.1, 0.15) is 34.5 Å². The smallest absolute Gasteiger partial charge is 0.256 e. The van der Waals surface area contributed by atoms with E-state index in [0.29, 0.717) is 40.3 Å². The van der Waals surface area contributed by atoms with Gasteiger partial charge in [-0.05, 0) is 62.2 Å². The number of benzene rings is 1. The molecule has 2 amide bonds. The van der Waals surface area contributed by atoms with Crippen molar-refractivity contribution in [3.63, 3.8) is 0 Å². The summed E-state index contributed by atoms with van der Waals surface area (Å²) < 4.78 is 7.18. The van der Waals surface area contributed by atoms with Crippen LogP contribution in [0.5, 0.6) is 0 Å². The van der Waals surface area contributed by atoms with E-state index in [4.69, 9.17) is 10.2 Å². The molecule has 1 unspecified atom stereocenters. The molecule has 5 rings (SSSR count). The number of aryl methyl sites for hydroxylation is 2. The van der Waals surface area contributed by atoms with Gasteiger partial charge in [0, 0.05) is 25.8 Å². The molecule has 1 aliphatic heterocycles. The normalized spacial score (nSPS) is 16.5. The topological polar surface area (TPSA) is 119 Å². The average Bonchev–Trinajstić information content (AvgIpc) is 3.48. The Labute approximate surface area is 202 Å². The molecule has 1 fully saturated rings. The molecule has 0 aliphatic carbocycles. The largest absolute Gasteiger partial charge is 0.463 e. The summed E-state index contributed by atoms with van der Waals surface area (Å²) in [6, 6.07) is 13.1. The van der Waals surface area contributed by atoms with Crippen molar-refractivity contribution < 1.29 is 14.0 Å². The lowest BCUT2D eigenvalue weighted by Crippen LogP contribution is -2.40. The zero-order chi connectivity index (χ0) is 24.5. The number of hydrogen-bond donors (Lipinski definition) is 2. The monoisotopic (exact) mass is 472 g/mol. The second kappa shape index (κ2) is 9.34. The second-order valence-corrected chi connectivity index (χ2v) is 9.07. The molecule has 3 aromatic heterocycles. The molecule has 4 heterocycles. The number of amides is 2. The first-order valence-corrected chi connectivity index (χ1v) is 11.7. The molecule has 1 aromatic carbocycles. The third-order valence-electron chi connectivity index (χ3n) is 6.51. The Hall–Kier alpha value is -3.98. The first-order chi connectivity index (χ1) is 16.9. The van der Waals surface area contributed by atoms with Gasteiger partial charge in [-0.1, -0.05) is 12.1 Å². The van der Waals surface area contributed by atoms with E-state index in [1.54, 1.807) is 23.1 Å². The predicted octanol–water partition coefficient (Wildman–Crippen LogP) is 3.49. The number of carbonyl (C=O) groups is 2. The number of hydrogen-bond acceptors (Lipinski definition) is 6. The van der Waals surface area contributed by atoms with Gasteiger partial charge in [-0.15, -0.1) is 0 Å². The number of rotatable bonds is 6. The molecule has 9 nitrogen and oxygen atoms in total. The molecule has 9 heteroatoms. The van der Waals surface area contributed by atoms with Gasteiger partial charge in [0.15, 0.2) is 11.4 Å². The third-order valence-corrected chi connectivity index (χ3v) is 6.51. The van der Waals surface area contributed by atoms with Crippen LogP contribution in [0, 0.1) is 12.8 Å². The molecule has 0 saturated carbocycles. The highest BCUT2D eigenvalue weighted by Gasteiger charge is 2.24. The van der Waals surface area contributed by atoms with Gasteiger partial charge in [-0.25, -0.2) is 4.98 Å². The highest BCUT2D eigenvalue weighted by molar-refractivity contribution is 6.13. The van der Waals surface area contributed by atoms with Crippen LogP contribution < -0.4 is 11.1 Å². The SMILES string of the molecule is Cc1nn(C)c2nc(-c3ccco3)cc(C(=O)Nc3ccc(CN4CCCC(C(N)=O)C4)cc3)c12. The molecule has 35 heavy (non-hydrogen) atoms. The number of anilines is 1. The van der Waals surface area contributed by atoms with Crippen LogP contribution in [-0.4, -0.2) is 44.6 Å². The maximum Gasteiger partial charge on any atom is 0.256 e. The summed E-state index contributed by atoms with van der Waals surface area (Å²) in [5, 5.41) is 8.17. The number of aromatic nitrogens is 3. The van der Waals surface area contributed by atoms with Crippen LogP contribution in [0.3, 0.4) is 0 Å². The Morgan fingerprint density at radius 1 is 1.23 bits per heavy atom. The number of fused-ring (bicyclic) bond motifs is 1. The van der Waals surface area contributed by atoms with Crippen molar-refractivity contribution in [1.29, 1.82) is 0 Å². The molecule has 0 bridgehead atoms. The lowest BCUT2D eigenvalue weighted by Gasteiger charge is -2.31. The van der Waals surface area contributed by atoms with Crippen LogP contribution in [-0.2, 0) is 18.4 Å². The minimum atomic E-state index is -0.241. The van der Waals surface area contributed by atoms with E-state index in [1.807, 2.05) is 44.3 Å². The number of furan rings is 1. The Bertz CT molecular complexity index is 1370. The molecule has 3 N–H and O–H groups in total. The zero-order valence-electron chi connectivity index (χ0n) is 19.8. The number of likely N-dealkylation sites (tertiary alicyclic amines) is 1. The summed E-state index contributed by atoms with van der Waals surface area (Å²) in [6.45, 7) is 4.24. The Morgan fingerprint density at radius 2 is 2.03 bits per heavy atom. The zero-order valence-corrected chi connectivity index (χ0v) is 19.8. The van der Waals surface area contributed by atoms with Gasteiger partial charge in [-0.2, -0.15) is 5.10 Å². The van der Waals surface area contributed by atoms with Crippen LogP contribution in [0.15, 0.2) is 53.1 Å². The number of nitrogens with one attached hydrogen (secondary N) is 1. The molecule has 1 saturated heterocycles. The quantitative estimate of drug-likeness (QED) is 0.443. The van der Waals surface area contributed by atoms with Gasteiger partial charge >= 0.3 is 0 Å². The van der Waals surface area contributed by atoms with Crippen molar-refractivity contribution in [2.75, 3.05) is 18.4 Å². The number of primary amides is 1.